The van der Waals surface area contributed by atoms with Gasteiger partial charge < -0.3 is 25.4 Å². The minimum Gasteiger partial charge on any atom is -0.343 e. The van der Waals surface area contributed by atoms with E-state index in [4.69, 9.17) is 10.7 Å². The Kier molecular flexibility index (Phi) is 7.38. The zero-order valence-corrected chi connectivity index (χ0v) is 22.5. The molecule has 37 heavy (non-hydrogen) atoms. The van der Waals surface area contributed by atoms with Crippen LogP contribution >= 0.6 is 24.8 Å². The van der Waals surface area contributed by atoms with E-state index in [9.17, 15) is 9.59 Å². The van der Waals surface area contributed by atoms with Crippen LogP contribution in [-0.2, 0) is 0 Å². The van der Waals surface area contributed by atoms with E-state index in [-0.39, 0.29) is 48.2 Å². The number of nitrogens with zero attached hydrogens (tertiary/aromatic N) is 6. The molecule has 2 amide bonds. The zero-order chi connectivity index (χ0) is 24.3. The Morgan fingerprint density at radius 2 is 1.89 bits per heavy atom. The first-order valence-electron chi connectivity index (χ1n) is 12.2. The van der Waals surface area contributed by atoms with Gasteiger partial charge in [-0.3, -0.25) is 9.59 Å². The molecule has 2 atom stereocenters. The number of rotatable bonds is 5. The maximum Gasteiger partial charge on any atom is 0.270 e. The van der Waals surface area contributed by atoms with E-state index < -0.39 is 0 Å². The highest BCUT2D eigenvalue weighted by molar-refractivity contribution is 5.98. The Morgan fingerprint density at radius 3 is 2.51 bits per heavy atom. The fourth-order valence-corrected chi connectivity index (χ4v) is 5.57. The number of halogens is 2. The van der Waals surface area contributed by atoms with Gasteiger partial charge in [0.2, 0.25) is 5.95 Å². The van der Waals surface area contributed by atoms with Crippen molar-refractivity contribution in [3.63, 3.8) is 0 Å². The molecule has 10 nitrogen and oxygen atoms in total. The molecule has 0 bridgehead atoms. The summed E-state index contributed by atoms with van der Waals surface area (Å²) in [6, 6.07) is 5.65. The lowest BCUT2D eigenvalue weighted by Crippen LogP contribution is -2.37. The third kappa shape index (κ3) is 4.85. The minimum atomic E-state index is -0.173. The molecule has 3 aromatic heterocycles. The monoisotopic (exact) mass is 546 g/mol. The molecule has 4 heterocycles. The molecule has 0 aromatic carbocycles. The van der Waals surface area contributed by atoms with Crippen molar-refractivity contribution >= 4 is 59.4 Å². The fraction of sp³-hybridized carbons (Fsp3) is 0.480. The molecule has 0 radical (unpaired) electrons. The highest BCUT2D eigenvalue weighted by atomic mass is 35.5. The van der Waals surface area contributed by atoms with Crippen molar-refractivity contribution in [3.8, 4) is 0 Å². The third-order valence-electron chi connectivity index (χ3n) is 7.63. The van der Waals surface area contributed by atoms with Crippen LogP contribution in [0.2, 0.25) is 0 Å². The fourth-order valence-electron chi connectivity index (χ4n) is 5.57. The predicted molar refractivity (Wildman–Crippen MR) is 146 cm³/mol. The Labute approximate surface area is 227 Å². The van der Waals surface area contributed by atoms with Crippen molar-refractivity contribution < 1.29 is 9.59 Å². The van der Waals surface area contributed by atoms with Crippen LogP contribution in [0.5, 0.6) is 0 Å². The summed E-state index contributed by atoms with van der Waals surface area (Å²) in [5.74, 6) is 1.30. The van der Waals surface area contributed by atoms with Gasteiger partial charge in [-0.25, -0.2) is 9.97 Å². The van der Waals surface area contributed by atoms with Gasteiger partial charge in [0.05, 0.1) is 5.56 Å². The van der Waals surface area contributed by atoms with Crippen LogP contribution in [-0.4, -0.2) is 73.9 Å². The standard InChI is InChI=1S/C25H30N8O2.2ClH/c1-31(2)23(35)19-9-16-12-28-24(30-21(16)33(19)18-5-3-4-6-18)29-20-8-7-15(11-27-20)22(34)32-13-17-10-25(17,26)14-32;;/h7-9,11-12,17-18H,3-6,10,13-14,26H2,1-2H3,(H,27,28,29,30);2*1H. The van der Waals surface area contributed by atoms with Crippen molar-refractivity contribution in [1.82, 2.24) is 29.3 Å². The minimum absolute atomic E-state index is 0. The van der Waals surface area contributed by atoms with Crippen molar-refractivity contribution in [2.24, 2.45) is 11.7 Å². The van der Waals surface area contributed by atoms with E-state index >= 15 is 0 Å². The highest BCUT2D eigenvalue weighted by Gasteiger charge is 2.58. The first-order chi connectivity index (χ1) is 16.8. The van der Waals surface area contributed by atoms with Gasteiger partial charge in [0.25, 0.3) is 11.8 Å². The molecule has 6 rings (SSSR count). The summed E-state index contributed by atoms with van der Waals surface area (Å²) in [7, 11) is 3.52. The predicted octanol–water partition coefficient (Wildman–Crippen LogP) is 3.40. The average molecular weight is 547 g/mol. The number of likely N-dealkylation sites (tertiary alicyclic amines) is 1. The molecule has 3 fully saturated rings. The van der Waals surface area contributed by atoms with E-state index in [1.807, 2.05) is 11.0 Å². The smallest absolute Gasteiger partial charge is 0.270 e. The Balaban J connectivity index is 0.00000160. The lowest BCUT2D eigenvalue weighted by molar-refractivity contribution is 0.0771. The van der Waals surface area contributed by atoms with Crippen LogP contribution in [0.25, 0.3) is 11.0 Å². The van der Waals surface area contributed by atoms with Crippen molar-refractivity contribution in [3.05, 3.63) is 41.9 Å². The molecule has 3 N–H and O–H groups in total. The molecule has 3 aliphatic rings. The van der Waals surface area contributed by atoms with E-state index in [1.165, 1.54) is 0 Å². The molecule has 12 heteroatoms. The second-order valence-electron chi connectivity index (χ2n) is 10.4. The normalized spacial score (nSPS) is 22.2. The molecule has 3 aromatic rings. The second kappa shape index (κ2) is 10.1. The average Bonchev–Trinajstić information content (AvgIpc) is 3.28. The van der Waals surface area contributed by atoms with Crippen molar-refractivity contribution in [1.29, 1.82) is 0 Å². The van der Waals surface area contributed by atoms with Crippen molar-refractivity contribution in [2.75, 3.05) is 32.5 Å². The van der Waals surface area contributed by atoms with Gasteiger partial charge >= 0.3 is 0 Å². The maximum absolute atomic E-state index is 12.9. The van der Waals surface area contributed by atoms with Crippen molar-refractivity contribution in [2.45, 2.75) is 43.7 Å². The second-order valence-corrected chi connectivity index (χ2v) is 10.4. The molecular weight excluding hydrogens is 515 g/mol. The van der Waals surface area contributed by atoms with Crippen LogP contribution in [0.4, 0.5) is 11.8 Å². The molecule has 2 unspecified atom stereocenters. The number of pyridine rings is 1. The number of hydrogen-bond acceptors (Lipinski definition) is 7. The number of piperidine rings is 1. The molecule has 1 saturated heterocycles. The van der Waals surface area contributed by atoms with Crippen LogP contribution < -0.4 is 11.1 Å². The van der Waals surface area contributed by atoms with E-state index in [2.05, 4.69) is 19.9 Å². The quantitative estimate of drug-likeness (QED) is 0.502. The largest absolute Gasteiger partial charge is 0.343 e. The summed E-state index contributed by atoms with van der Waals surface area (Å²) in [4.78, 5) is 42.7. The lowest BCUT2D eigenvalue weighted by atomic mass is 10.2. The third-order valence-corrected chi connectivity index (χ3v) is 7.63. The van der Waals surface area contributed by atoms with Crippen LogP contribution in [0.3, 0.4) is 0 Å². The van der Waals surface area contributed by atoms with Crippen LogP contribution in [0.15, 0.2) is 30.6 Å². The van der Waals surface area contributed by atoms with Gasteiger partial charge in [0, 0.05) is 56.5 Å². The number of nitrogens with two attached hydrogens (primary N) is 1. The molecule has 0 spiro atoms. The summed E-state index contributed by atoms with van der Waals surface area (Å²) in [6.45, 7) is 1.34. The summed E-state index contributed by atoms with van der Waals surface area (Å²) < 4.78 is 2.08. The van der Waals surface area contributed by atoms with Crippen LogP contribution in [0.1, 0.15) is 59.0 Å². The summed E-state index contributed by atoms with van der Waals surface area (Å²) in [5.41, 5.74) is 7.99. The highest BCUT2D eigenvalue weighted by Crippen LogP contribution is 2.47. The lowest BCUT2D eigenvalue weighted by Gasteiger charge is -2.19. The maximum atomic E-state index is 12.9. The number of hydrogen-bond donors (Lipinski definition) is 2. The van der Waals surface area contributed by atoms with E-state index in [0.29, 0.717) is 35.5 Å². The van der Waals surface area contributed by atoms with Gasteiger partial charge in [-0.1, -0.05) is 12.8 Å². The van der Waals surface area contributed by atoms with Gasteiger partial charge in [0.15, 0.2) is 0 Å². The van der Waals surface area contributed by atoms with E-state index in [0.717, 1.165) is 49.7 Å². The Morgan fingerprint density at radius 1 is 1.14 bits per heavy atom. The Bertz CT molecular complexity index is 1320. The molecular formula is C25H32Cl2N8O2. The number of anilines is 2. The first kappa shape index (κ1) is 27.1. The Hall–Kier alpha value is -2.95. The van der Waals surface area contributed by atoms with Crippen LogP contribution in [0, 0.1) is 5.92 Å². The van der Waals surface area contributed by atoms with E-state index in [1.54, 1.807) is 43.5 Å². The molecule has 198 valence electrons. The number of carbonyl (C=O) groups is 2. The zero-order valence-electron chi connectivity index (χ0n) is 20.9. The van der Waals surface area contributed by atoms with Gasteiger partial charge in [-0.15, -0.1) is 24.8 Å². The number of carbonyl (C=O) groups excluding carboxylic acids is 2. The first-order valence-corrected chi connectivity index (χ1v) is 12.2. The molecule has 2 aliphatic carbocycles. The topological polar surface area (TPSA) is 122 Å². The SMILES string of the molecule is CN(C)C(=O)c1cc2cnc(Nc3ccc(C(=O)N4CC5CC5(N)C4)cn3)nc2n1C1CCCC1.Cl.Cl. The van der Waals surface area contributed by atoms with Gasteiger partial charge in [-0.2, -0.15) is 4.98 Å². The van der Waals surface area contributed by atoms with Gasteiger partial charge in [-0.05, 0) is 43.4 Å². The molecule has 2 saturated carbocycles. The number of fused-ring (bicyclic) bond motifs is 2. The summed E-state index contributed by atoms with van der Waals surface area (Å²) >= 11 is 0. The van der Waals surface area contributed by atoms with Gasteiger partial charge in [0.1, 0.15) is 17.2 Å². The summed E-state index contributed by atoms with van der Waals surface area (Å²) in [5, 5.41) is 3.98. The molecule has 1 aliphatic heterocycles. The summed E-state index contributed by atoms with van der Waals surface area (Å²) in [6.07, 6.45) is 8.68. The number of amides is 2. The number of aromatic nitrogens is 4. The number of nitrogens with one attached hydrogen (secondary N) is 1.